The number of amidine groups is 1. The van der Waals surface area contributed by atoms with Crippen LogP contribution in [-0.4, -0.2) is 98.8 Å². The molecule has 1 fully saturated rings. The van der Waals surface area contributed by atoms with Gasteiger partial charge in [0, 0.05) is 45.9 Å². The normalized spacial score (nSPS) is 18.3. The standard InChI is InChI=1S/C32H38N8O3/c1-38(2)29(42)23-9-11-26-21(16-23)7-8-22-17-24(30(43)39(3)4)10-12-27(22)32(26,31-35-20-36-37-31)13-14-34-19-28(41)40-15-5-6-25(40)18-33/h9-12,16-17,25,34H,5-8,13-15,19-20H2,1-4H3/t25-/m0/s1. The number of benzene rings is 2. The summed E-state index contributed by atoms with van der Waals surface area (Å²) in [5, 5.41) is 21.5. The van der Waals surface area contributed by atoms with Gasteiger partial charge in [0.05, 0.1) is 18.0 Å². The zero-order valence-electron chi connectivity index (χ0n) is 25.3. The van der Waals surface area contributed by atoms with Crippen molar-refractivity contribution in [1.82, 2.24) is 20.0 Å². The molecule has 0 radical (unpaired) electrons. The maximum Gasteiger partial charge on any atom is 0.253 e. The number of nitriles is 1. The van der Waals surface area contributed by atoms with Crippen LogP contribution in [-0.2, 0) is 23.1 Å². The van der Waals surface area contributed by atoms with Gasteiger partial charge in [0.15, 0.2) is 12.5 Å². The minimum atomic E-state index is -0.820. The van der Waals surface area contributed by atoms with Crippen LogP contribution in [0.15, 0.2) is 51.6 Å². The van der Waals surface area contributed by atoms with Crippen LogP contribution in [0.1, 0.15) is 62.2 Å². The number of hydrogen-bond acceptors (Lipinski definition) is 8. The first kappa shape index (κ1) is 30.0. The number of carbonyl (C=O) groups is 3. The molecule has 2 heterocycles. The predicted molar refractivity (Wildman–Crippen MR) is 162 cm³/mol. The Kier molecular flexibility index (Phi) is 8.69. The fraction of sp³-hybridized carbons (Fsp3) is 0.469. The van der Waals surface area contributed by atoms with Crippen molar-refractivity contribution in [1.29, 1.82) is 5.26 Å². The van der Waals surface area contributed by atoms with E-state index in [1.54, 1.807) is 42.9 Å². The van der Waals surface area contributed by atoms with Crippen molar-refractivity contribution in [3.63, 3.8) is 0 Å². The zero-order valence-corrected chi connectivity index (χ0v) is 25.3. The van der Waals surface area contributed by atoms with Gasteiger partial charge in [0.25, 0.3) is 11.8 Å². The van der Waals surface area contributed by atoms with Gasteiger partial charge in [-0.2, -0.15) is 10.4 Å². The quantitative estimate of drug-likeness (QED) is 0.478. The number of aryl methyl sites for hydroxylation is 2. The maximum atomic E-state index is 12.9. The summed E-state index contributed by atoms with van der Waals surface area (Å²) in [5.74, 6) is 0.332. The van der Waals surface area contributed by atoms with Crippen LogP contribution in [0.3, 0.4) is 0 Å². The summed E-state index contributed by atoms with van der Waals surface area (Å²) in [6.45, 7) is 1.41. The van der Waals surface area contributed by atoms with Crippen molar-refractivity contribution < 1.29 is 14.4 Å². The lowest BCUT2D eigenvalue weighted by Gasteiger charge is -2.35. The molecule has 3 aliphatic rings. The van der Waals surface area contributed by atoms with Crippen LogP contribution >= 0.6 is 0 Å². The summed E-state index contributed by atoms with van der Waals surface area (Å²) in [6.07, 6.45) is 3.39. The lowest BCUT2D eigenvalue weighted by atomic mass is 9.68. The highest BCUT2D eigenvalue weighted by molar-refractivity contribution is 6.00. The predicted octanol–water partition coefficient (Wildman–Crippen LogP) is 2.79. The minimum absolute atomic E-state index is 0.0790. The minimum Gasteiger partial charge on any atom is -0.345 e. The van der Waals surface area contributed by atoms with Crippen molar-refractivity contribution >= 4 is 23.6 Å². The van der Waals surface area contributed by atoms with Crippen molar-refractivity contribution in [3.8, 4) is 6.07 Å². The van der Waals surface area contributed by atoms with Crippen LogP contribution < -0.4 is 5.32 Å². The molecule has 0 saturated carbocycles. The third kappa shape index (κ3) is 5.67. The number of aliphatic imine (C=N–C) groups is 1. The molecule has 43 heavy (non-hydrogen) atoms. The molecule has 2 aromatic carbocycles. The first-order valence-corrected chi connectivity index (χ1v) is 14.7. The molecule has 1 aliphatic carbocycles. The highest BCUT2D eigenvalue weighted by atomic mass is 16.2. The van der Waals surface area contributed by atoms with Gasteiger partial charge in [-0.1, -0.05) is 12.1 Å². The SMILES string of the molecule is CN(C)C(=O)c1ccc2c(c1)CCc1cc(C(=O)N(C)C)ccc1C2(CCNCC(=O)N1CCC[C@H]1C#N)C1=NCN=N1. The summed E-state index contributed by atoms with van der Waals surface area (Å²) in [4.78, 5) is 48.3. The van der Waals surface area contributed by atoms with Crippen LogP contribution in [0.5, 0.6) is 0 Å². The summed E-state index contributed by atoms with van der Waals surface area (Å²) in [7, 11) is 6.94. The van der Waals surface area contributed by atoms with Gasteiger partial charge in [-0.25, -0.2) is 4.99 Å². The van der Waals surface area contributed by atoms with Crippen LogP contribution in [0.2, 0.25) is 0 Å². The van der Waals surface area contributed by atoms with Crippen LogP contribution in [0.4, 0.5) is 0 Å². The van der Waals surface area contributed by atoms with Gasteiger partial charge in [-0.05, 0) is 85.2 Å². The van der Waals surface area contributed by atoms with Gasteiger partial charge in [0.2, 0.25) is 5.91 Å². The second kappa shape index (κ2) is 12.4. The Bertz CT molecular complexity index is 1470. The summed E-state index contributed by atoms with van der Waals surface area (Å²) in [6, 6.07) is 13.5. The van der Waals surface area contributed by atoms with Crippen LogP contribution in [0.25, 0.3) is 0 Å². The van der Waals surface area contributed by atoms with Crippen molar-refractivity contribution in [2.45, 2.75) is 43.6 Å². The fourth-order valence-corrected chi connectivity index (χ4v) is 6.47. The number of nitrogens with zero attached hydrogens (tertiary/aromatic N) is 7. The van der Waals surface area contributed by atoms with Crippen molar-refractivity contribution in [2.24, 2.45) is 15.2 Å². The Hall–Kier alpha value is -4.43. The molecule has 0 spiro atoms. The number of carbonyl (C=O) groups excluding carboxylic acids is 3. The molecule has 5 rings (SSSR count). The van der Waals surface area contributed by atoms with E-state index < -0.39 is 5.41 Å². The smallest absolute Gasteiger partial charge is 0.253 e. The van der Waals surface area contributed by atoms with Gasteiger partial charge >= 0.3 is 0 Å². The molecule has 0 aromatic heterocycles. The average Bonchev–Trinajstić information content (AvgIpc) is 3.70. The van der Waals surface area contributed by atoms with Crippen molar-refractivity contribution in [2.75, 3.05) is 54.5 Å². The van der Waals surface area contributed by atoms with E-state index in [4.69, 9.17) is 4.99 Å². The van der Waals surface area contributed by atoms with E-state index in [0.717, 1.165) is 28.7 Å². The molecule has 2 aliphatic heterocycles. The Morgan fingerprint density at radius 2 is 1.60 bits per heavy atom. The molecule has 2 aromatic rings. The summed E-state index contributed by atoms with van der Waals surface area (Å²) in [5.41, 5.74) is 4.39. The molecular weight excluding hydrogens is 544 g/mol. The van der Waals surface area contributed by atoms with Crippen molar-refractivity contribution in [3.05, 3.63) is 69.8 Å². The third-order valence-corrected chi connectivity index (χ3v) is 8.61. The van der Waals surface area contributed by atoms with Crippen LogP contribution in [0, 0.1) is 11.3 Å². The summed E-state index contributed by atoms with van der Waals surface area (Å²) < 4.78 is 0. The van der Waals surface area contributed by atoms with Gasteiger partial charge < -0.3 is 20.0 Å². The van der Waals surface area contributed by atoms with E-state index in [9.17, 15) is 19.6 Å². The molecule has 1 saturated heterocycles. The second-order valence-electron chi connectivity index (χ2n) is 11.7. The average molecular weight is 583 g/mol. The van der Waals surface area contributed by atoms with Gasteiger partial charge in [0.1, 0.15) is 6.04 Å². The molecule has 0 bridgehead atoms. The third-order valence-electron chi connectivity index (χ3n) is 8.61. The molecule has 0 unspecified atom stereocenters. The Balaban J connectivity index is 1.56. The number of fused-ring (bicyclic) bond motifs is 2. The number of nitrogens with one attached hydrogen (secondary N) is 1. The largest absolute Gasteiger partial charge is 0.345 e. The lowest BCUT2D eigenvalue weighted by Crippen LogP contribution is -2.43. The maximum absolute atomic E-state index is 12.9. The molecule has 1 N–H and O–H groups in total. The topological polar surface area (TPSA) is 134 Å². The number of likely N-dealkylation sites (tertiary alicyclic amines) is 1. The Morgan fingerprint density at radius 1 is 1.00 bits per heavy atom. The first-order chi connectivity index (χ1) is 20.7. The zero-order chi connectivity index (χ0) is 30.7. The number of hydrogen-bond donors (Lipinski definition) is 1. The monoisotopic (exact) mass is 582 g/mol. The highest BCUT2D eigenvalue weighted by Gasteiger charge is 2.45. The Labute approximate surface area is 252 Å². The Morgan fingerprint density at radius 3 is 2.12 bits per heavy atom. The first-order valence-electron chi connectivity index (χ1n) is 14.7. The summed E-state index contributed by atoms with van der Waals surface area (Å²) >= 11 is 0. The molecule has 3 amide bonds. The molecule has 11 heteroatoms. The lowest BCUT2D eigenvalue weighted by molar-refractivity contribution is -0.130. The number of azo groups is 1. The van der Waals surface area contributed by atoms with E-state index in [-0.39, 0.29) is 37.0 Å². The van der Waals surface area contributed by atoms with E-state index in [0.29, 0.717) is 55.7 Å². The molecule has 11 nitrogen and oxygen atoms in total. The highest BCUT2D eigenvalue weighted by Crippen LogP contribution is 2.45. The molecule has 224 valence electrons. The van der Waals surface area contributed by atoms with E-state index in [2.05, 4.69) is 21.6 Å². The van der Waals surface area contributed by atoms with E-state index in [1.165, 1.54) is 0 Å². The molecular formula is C32H38N8O3. The van der Waals surface area contributed by atoms with E-state index in [1.807, 2.05) is 36.4 Å². The molecule has 1 atom stereocenters. The van der Waals surface area contributed by atoms with E-state index >= 15 is 0 Å². The number of rotatable bonds is 8. The van der Waals surface area contributed by atoms with Gasteiger partial charge in [-0.15, -0.1) is 5.11 Å². The number of amides is 3. The second-order valence-corrected chi connectivity index (χ2v) is 11.7. The fourth-order valence-electron chi connectivity index (χ4n) is 6.47. The van der Waals surface area contributed by atoms with Gasteiger partial charge in [-0.3, -0.25) is 14.4 Å².